The van der Waals surface area contributed by atoms with E-state index in [1.54, 1.807) is 49.3 Å². The molecule has 2 bridgehead atoms. The van der Waals surface area contributed by atoms with Gasteiger partial charge in [0.05, 0.1) is 31.6 Å². The number of nitrogens with one attached hydrogen (secondary N) is 1. The molecule has 1 aromatic carbocycles. The second-order valence-electron chi connectivity index (χ2n) is 7.34. The van der Waals surface area contributed by atoms with Crippen LogP contribution in [0, 0.1) is 18.8 Å². The molecule has 2 fully saturated rings. The van der Waals surface area contributed by atoms with E-state index in [0.29, 0.717) is 29.6 Å². The molecule has 144 valence electrons. The lowest BCUT2D eigenvalue weighted by atomic mass is 9.77. The van der Waals surface area contributed by atoms with E-state index < -0.39 is 23.5 Å². The minimum Gasteiger partial charge on any atom is -0.497 e. The molecule has 0 radical (unpaired) electrons. The van der Waals surface area contributed by atoms with Gasteiger partial charge in [0.15, 0.2) is 5.82 Å². The molecule has 0 saturated carbocycles. The SMILES string of the molecule is COc1cccc(NC(=O)[C@H]2[C@H]3C(=O)N(c4cc(C)on4)C[C@]34C=C[C@H]2O4)c1. The van der Waals surface area contributed by atoms with Crippen molar-refractivity contribution in [2.45, 2.75) is 18.6 Å². The first-order chi connectivity index (χ1) is 13.5. The minimum atomic E-state index is -0.801. The van der Waals surface area contributed by atoms with E-state index in [0.717, 1.165) is 0 Å². The van der Waals surface area contributed by atoms with Crippen molar-refractivity contribution in [2.75, 3.05) is 23.9 Å². The molecule has 4 heterocycles. The number of carbonyl (C=O) groups is 2. The number of benzene rings is 1. The summed E-state index contributed by atoms with van der Waals surface area (Å²) in [5.41, 5.74) is -0.190. The molecule has 3 aliphatic heterocycles. The van der Waals surface area contributed by atoms with Gasteiger partial charge in [0.1, 0.15) is 17.1 Å². The van der Waals surface area contributed by atoms with Gasteiger partial charge in [-0.1, -0.05) is 23.4 Å². The van der Waals surface area contributed by atoms with Crippen molar-refractivity contribution in [3.05, 3.63) is 48.2 Å². The standard InChI is InChI=1S/C20H19N3O5/c1-11-8-15(22-28-11)23-10-20-7-6-14(27-20)16(17(20)19(23)25)18(24)21-12-4-3-5-13(9-12)26-2/h3-9,14,16-17H,10H2,1-2H3,(H,21,24)/t14-,16-,17+,20-/m1/s1. The highest BCUT2D eigenvalue weighted by molar-refractivity contribution is 6.05. The number of hydrogen-bond acceptors (Lipinski definition) is 6. The number of carbonyl (C=O) groups excluding carboxylic acids is 2. The molecule has 0 aliphatic carbocycles. The van der Waals surface area contributed by atoms with Gasteiger partial charge in [-0.15, -0.1) is 0 Å². The topological polar surface area (TPSA) is 93.9 Å². The molecule has 28 heavy (non-hydrogen) atoms. The summed E-state index contributed by atoms with van der Waals surface area (Å²) in [7, 11) is 1.57. The molecule has 4 atom stereocenters. The lowest BCUT2D eigenvalue weighted by Crippen LogP contribution is -2.41. The highest BCUT2D eigenvalue weighted by Crippen LogP contribution is 2.52. The van der Waals surface area contributed by atoms with E-state index in [1.807, 2.05) is 12.2 Å². The van der Waals surface area contributed by atoms with Gasteiger partial charge in [-0.05, 0) is 19.1 Å². The number of methoxy groups -OCH3 is 1. The van der Waals surface area contributed by atoms with Crippen LogP contribution in [-0.2, 0) is 14.3 Å². The summed E-state index contributed by atoms with van der Waals surface area (Å²) >= 11 is 0. The Bertz CT molecular complexity index is 999. The van der Waals surface area contributed by atoms with Crippen LogP contribution in [0.25, 0.3) is 0 Å². The predicted molar refractivity (Wildman–Crippen MR) is 98.9 cm³/mol. The summed E-state index contributed by atoms with van der Waals surface area (Å²) in [6, 6.07) is 8.81. The molecular weight excluding hydrogens is 362 g/mol. The first-order valence-corrected chi connectivity index (χ1v) is 9.07. The molecule has 0 unspecified atom stereocenters. The molecule has 5 rings (SSSR count). The maximum atomic E-state index is 13.2. The van der Waals surface area contributed by atoms with Gasteiger partial charge >= 0.3 is 0 Å². The molecule has 2 aromatic rings. The summed E-state index contributed by atoms with van der Waals surface area (Å²) in [6.07, 6.45) is 3.36. The smallest absolute Gasteiger partial charge is 0.235 e. The quantitative estimate of drug-likeness (QED) is 0.814. The Balaban J connectivity index is 1.42. The van der Waals surface area contributed by atoms with Crippen LogP contribution in [0.3, 0.4) is 0 Å². The summed E-state index contributed by atoms with van der Waals surface area (Å²) in [5.74, 6) is 0.0748. The average Bonchev–Trinajstić information content (AvgIpc) is 3.43. The molecule has 1 N–H and O–H groups in total. The van der Waals surface area contributed by atoms with Crippen molar-refractivity contribution in [2.24, 2.45) is 11.8 Å². The molecule has 8 heteroatoms. The van der Waals surface area contributed by atoms with Crippen molar-refractivity contribution in [3.63, 3.8) is 0 Å². The zero-order valence-electron chi connectivity index (χ0n) is 15.4. The van der Waals surface area contributed by atoms with Gasteiger partial charge in [-0.25, -0.2) is 0 Å². The number of anilines is 2. The van der Waals surface area contributed by atoms with Crippen LogP contribution in [0.15, 0.2) is 47.0 Å². The molecule has 1 spiro atoms. The van der Waals surface area contributed by atoms with Crippen molar-refractivity contribution in [1.29, 1.82) is 0 Å². The first kappa shape index (κ1) is 17.0. The van der Waals surface area contributed by atoms with Gasteiger partial charge in [0.25, 0.3) is 0 Å². The predicted octanol–water partition coefficient (Wildman–Crippen LogP) is 1.92. The molecule has 1 aromatic heterocycles. The van der Waals surface area contributed by atoms with E-state index in [-0.39, 0.29) is 11.8 Å². The monoisotopic (exact) mass is 381 g/mol. The Labute approximate surface area is 161 Å². The lowest BCUT2D eigenvalue weighted by molar-refractivity contribution is -0.128. The maximum Gasteiger partial charge on any atom is 0.235 e. The summed E-state index contributed by atoms with van der Waals surface area (Å²) in [6.45, 7) is 2.08. The van der Waals surface area contributed by atoms with Gasteiger partial charge in [0.2, 0.25) is 11.8 Å². The van der Waals surface area contributed by atoms with E-state index in [1.165, 1.54) is 0 Å². The Morgan fingerprint density at radius 1 is 1.39 bits per heavy atom. The number of ether oxygens (including phenoxy) is 2. The Morgan fingerprint density at radius 3 is 3.00 bits per heavy atom. The summed E-state index contributed by atoms with van der Waals surface area (Å²) in [4.78, 5) is 27.8. The Hall–Kier alpha value is -3.13. The van der Waals surface area contributed by atoms with Crippen LogP contribution in [0.1, 0.15) is 5.76 Å². The van der Waals surface area contributed by atoms with Crippen LogP contribution in [0.2, 0.25) is 0 Å². The molecule has 2 amide bonds. The fraction of sp³-hybridized carbons (Fsp3) is 0.350. The van der Waals surface area contributed by atoms with E-state index in [9.17, 15) is 9.59 Å². The summed E-state index contributed by atoms with van der Waals surface area (Å²) in [5, 5.41) is 6.84. The third kappa shape index (κ3) is 2.37. The number of amides is 2. The number of fused-ring (bicyclic) bond motifs is 1. The van der Waals surface area contributed by atoms with Crippen LogP contribution in [0.4, 0.5) is 11.5 Å². The second-order valence-corrected chi connectivity index (χ2v) is 7.34. The highest BCUT2D eigenvalue weighted by atomic mass is 16.5. The molecule has 8 nitrogen and oxygen atoms in total. The van der Waals surface area contributed by atoms with Crippen LogP contribution >= 0.6 is 0 Å². The molecule has 3 aliphatic rings. The molecule has 2 saturated heterocycles. The largest absolute Gasteiger partial charge is 0.497 e. The fourth-order valence-electron chi connectivity index (χ4n) is 4.40. The molecular formula is C20H19N3O5. The third-order valence-electron chi connectivity index (χ3n) is 5.63. The zero-order valence-corrected chi connectivity index (χ0v) is 15.4. The lowest BCUT2D eigenvalue weighted by Gasteiger charge is -2.23. The third-order valence-corrected chi connectivity index (χ3v) is 5.63. The Kier molecular flexibility index (Phi) is 3.60. The number of aromatic nitrogens is 1. The zero-order chi connectivity index (χ0) is 19.5. The van der Waals surface area contributed by atoms with E-state index in [4.69, 9.17) is 14.0 Å². The van der Waals surface area contributed by atoms with Crippen LogP contribution < -0.4 is 15.0 Å². The van der Waals surface area contributed by atoms with Crippen molar-refractivity contribution >= 4 is 23.3 Å². The fourth-order valence-corrected chi connectivity index (χ4v) is 4.40. The van der Waals surface area contributed by atoms with Gasteiger partial charge in [-0.3, -0.25) is 14.5 Å². The van der Waals surface area contributed by atoms with E-state index in [2.05, 4.69) is 10.5 Å². The Morgan fingerprint density at radius 2 is 2.25 bits per heavy atom. The minimum absolute atomic E-state index is 0.175. The van der Waals surface area contributed by atoms with Gasteiger partial charge < -0.3 is 19.3 Å². The van der Waals surface area contributed by atoms with Gasteiger partial charge in [0, 0.05) is 17.8 Å². The highest BCUT2D eigenvalue weighted by Gasteiger charge is 2.67. The van der Waals surface area contributed by atoms with Gasteiger partial charge in [-0.2, -0.15) is 0 Å². The van der Waals surface area contributed by atoms with Crippen LogP contribution in [-0.4, -0.2) is 42.3 Å². The number of nitrogens with zero attached hydrogens (tertiary/aromatic N) is 2. The van der Waals surface area contributed by atoms with E-state index >= 15 is 0 Å². The maximum absolute atomic E-state index is 13.2. The summed E-state index contributed by atoms with van der Waals surface area (Å²) < 4.78 is 16.4. The number of rotatable bonds is 4. The normalized spacial score (nSPS) is 30.0. The van der Waals surface area contributed by atoms with Crippen LogP contribution in [0.5, 0.6) is 5.75 Å². The second kappa shape index (κ2) is 5.93. The number of aryl methyl sites for hydroxylation is 1. The first-order valence-electron chi connectivity index (χ1n) is 9.07. The average molecular weight is 381 g/mol. The van der Waals surface area contributed by atoms with Crippen molar-refractivity contribution in [3.8, 4) is 5.75 Å². The van der Waals surface area contributed by atoms with Crippen molar-refractivity contribution in [1.82, 2.24) is 5.16 Å². The number of hydrogen-bond donors (Lipinski definition) is 1. The van der Waals surface area contributed by atoms with Crippen molar-refractivity contribution < 1.29 is 23.6 Å².